The molecule has 0 atom stereocenters. The highest BCUT2D eigenvalue weighted by Gasteiger charge is 2.20. The molecule has 5 nitrogen and oxygen atoms in total. The zero-order chi connectivity index (χ0) is 13.8. The van der Waals surface area contributed by atoms with Crippen LogP contribution in [0.1, 0.15) is 29.3 Å². The molecule has 1 aromatic rings. The van der Waals surface area contributed by atoms with Gasteiger partial charge in [0.05, 0.1) is 5.56 Å². The highest BCUT2D eigenvalue weighted by atomic mass is 16.4. The fourth-order valence-electron chi connectivity index (χ4n) is 2.33. The fraction of sp³-hybridized carbons (Fsp3) is 0.429. The van der Waals surface area contributed by atoms with Gasteiger partial charge in [-0.15, -0.1) is 0 Å². The van der Waals surface area contributed by atoms with Crippen LogP contribution in [0, 0.1) is 0 Å². The molecule has 0 fully saturated rings. The number of carboxylic acids is 1. The predicted octanol–water partition coefficient (Wildman–Crippen LogP) is 1.27. The van der Waals surface area contributed by atoms with Crippen molar-refractivity contribution in [2.24, 2.45) is 0 Å². The molecule has 1 aromatic carbocycles. The first-order valence-electron chi connectivity index (χ1n) is 6.49. The van der Waals surface area contributed by atoms with Crippen molar-refractivity contribution in [2.45, 2.75) is 19.8 Å². The summed E-state index contributed by atoms with van der Waals surface area (Å²) in [6.07, 6.45) is 1.34. The van der Waals surface area contributed by atoms with Crippen LogP contribution >= 0.6 is 0 Å². The first-order valence-corrected chi connectivity index (χ1v) is 6.49. The van der Waals surface area contributed by atoms with Crippen LogP contribution < -0.4 is 10.2 Å². The van der Waals surface area contributed by atoms with Crippen molar-refractivity contribution in [2.75, 3.05) is 24.5 Å². The number of anilines is 1. The van der Waals surface area contributed by atoms with E-state index in [2.05, 4.69) is 10.2 Å². The second-order valence-electron chi connectivity index (χ2n) is 4.59. The van der Waals surface area contributed by atoms with E-state index in [1.54, 1.807) is 12.1 Å². The lowest BCUT2D eigenvalue weighted by molar-refractivity contribution is -0.120. The molecule has 0 aromatic heterocycles. The molecule has 1 aliphatic heterocycles. The number of nitrogens with one attached hydrogen (secondary N) is 1. The maximum Gasteiger partial charge on any atom is 0.335 e. The monoisotopic (exact) mass is 262 g/mol. The second-order valence-corrected chi connectivity index (χ2v) is 4.59. The van der Waals surface area contributed by atoms with Crippen molar-refractivity contribution >= 4 is 17.6 Å². The number of carbonyl (C=O) groups is 2. The molecule has 0 radical (unpaired) electrons. The summed E-state index contributed by atoms with van der Waals surface area (Å²) in [6, 6.07) is 5.20. The number of benzene rings is 1. The number of fused-ring (bicyclic) bond motifs is 1. The molecule has 1 aliphatic rings. The Labute approximate surface area is 112 Å². The lowest BCUT2D eigenvalue weighted by atomic mass is 10.1. The van der Waals surface area contributed by atoms with Gasteiger partial charge in [-0.2, -0.15) is 0 Å². The summed E-state index contributed by atoms with van der Waals surface area (Å²) in [4.78, 5) is 24.5. The van der Waals surface area contributed by atoms with Gasteiger partial charge in [0.1, 0.15) is 0 Å². The second kappa shape index (κ2) is 5.73. The van der Waals surface area contributed by atoms with E-state index in [0.29, 0.717) is 25.1 Å². The van der Waals surface area contributed by atoms with E-state index in [9.17, 15) is 9.59 Å². The van der Waals surface area contributed by atoms with Gasteiger partial charge in [-0.05, 0) is 31.0 Å². The Morgan fingerprint density at radius 1 is 1.42 bits per heavy atom. The molecule has 1 heterocycles. The molecule has 19 heavy (non-hydrogen) atoms. The number of carbonyl (C=O) groups excluding carboxylic acids is 1. The van der Waals surface area contributed by atoms with E-state index in [-0.39, 0.29) is 5.91 Å². The molecular weight excluding hydrogens is 244 g/mol. The molecule has 1 amide bonds. The fourth-order valence-corrected chi connectivity index (χ4v) is 2.33. The average molecular weight is 262 g/mol. The summed E-state index contributed by atoms with van der Waals surface area (Å²) in [7, 11) is 0. The predicted molar refractivity (Wildman–Crippen MR) is 72.6 cm³/mol. The highest BCUT2D eigenvalue weighted by Crippen LogP contribution is 2.29. The van der Waals surface area contributed by atoms with E-state index in [0.717, 1.165) is 24.2 Å². The summed E-state index contributed by atoms with van der Waals surface area (Å²) in [6.45, 7) is 4.00. The van der Waals surface area contributed by atoms with Crippen molar-refractivity contribution in [1.82, 2.24) is 5.32 Å². The first kappa shape index (κ1) is 13.4. The number of rotatable bonds is 5. The van der Waals surface area contributed by atoms with Crippen molar-refractivity contribution in [3.05, 3.63) is 29.3 Å². The van der Waals surface area contributed by atoms with Crippen LogP contribution in [0.4, 0.5) is 5.69 Å². The van der Waals surface area contributed by atoms with Gasteiger partial charge in [0.15, 0.2) is 0 Å². The number of nitrogens with zero attached hydrogens (tertiary/aromatic N) is 1. The van der Waals surface area contributed by atoms with Crippen LogP contribution in [0.25, 0.3) is 0 Å². The minimum absolute atomic E-state index is 0.0327. The van der Waals surface area contributed by atoms with Crippen LogP contribution in [0.3, 0.4) is 0 Å². The van der Waals surface area contributed by atoms with E-state index in [4.69, 9.17) is 5.11 Å². The van der Waals surface area contributed by atoms with Gasteiger partial charge in [-0.1, -0.05) is 6.07 Å². The number of hydrogen-bond donors (Lipinski definition) is 2. The number of carboxylic acid groups (broad SMARTS) is 1. The molecule has 102 valence electrons. The topological polar surface area (TPSA) is 69.6 Å². The van der Waals surface area contributed by atoms with Gasteiger partial charge in [0.2, 0.25) is 5.91 Å². The summed E-state index contributed by atoms with van der Waals surface area (Å²) in [5.74, 6) is -0.885. The molecule has 0 saturated carbocycles. The minimum atomic E-state index is -0.918. The highest BCUT2D eigenvalue weighted by molar-refractivity contribution is 5.89. The smallest absolute Gasteiger partial charge is 0.335 e. The molecule has 0 bridgehead atoms. The minimum Gasteiger partial charge on any atom is -0.478 e. The Balaban J connectivity index is 2.06. The number of amides is 1. The normalized spacial score (nSPS) is 13.2. The van der Waals surface area contributed by atoms with Crippen LogP contribution in [0.5, 0.6) is 0 Å². The Morgan fingerprint density at radius 2 is 2.21 bits per heavy atom. The van der Waals surface area contributed by atoms with Crippen molar-refractivity contribution in [3.63, 3.8) is 0 Å². The van der Waals surface area contributed by atoms with Gasteiger partial charge in [-0.25, -0.2) is 4.79 Å². The quantitative estimate of drug-likeness (QED) is 0.838. The Bertz CT molecular complexity index is 499. The van der Waals surface area contributed by atoms with E-state index < -0.39 is 5.97 Å². The number of hydrogen-bond acceptors (Lipinski definition) is 3. The number of aromatic carboxylic acids is 1. The lowest BCUT2D eigenvalue weighted by Gasteiger charge is -2.19. The molecule has 0 unspecified atom stereocenters. The van der Waals surface area contributed by atoms with Crippen LogP contribution in [-0.4, -0.2) is 36.6 Å². The summed E-state index contributed by atoms with van der Waals surface area (Å²) >= 11 is 0. The average Bonchev–Trinajstić information content (AvgIpc) is 2.79. The summed E-state index contributed by atoms with van der Waals surface area (Å²) in [5, 5.41) is 11.8. The van der Waals surface area contributed by atoms with Gasteiger partial charge in [-0.3, -0.25) is 4.79 Å². The van der Waals surface area contributed by atoms with Crippen molar-refractivity contribution < 1.29 is 14.7 Å². The van der Waals surface area contributed by atoms with Gasteiger partial charge >= 0.3 is 5.97 Å². The molecular formula is C14H18N2O3. The molecule has 2 N–H and O–H groups in total. The first-order chi connectivity index (χ1) is 9.11. The van der Waals surface area contributed by atoms with E-state index in [1.807, 2.05) is 13.0 Å². The van der Waals surface area contributed by atoms with Gasteiger partial charge in [0.25, 0.3) is 0 Å². The maximum atomic E-state index is 11.5. The largest absolute Gasteiger partial charge is 0.478 e. The molecule has 0 spiro atoms. The SMILES string of the molecule is CCNC(=O)CCN1CCc2ccc(C(=O)O)cc21. The zero-order valence-corrected chi connectivity index (χ0v) is 11.0. The lowest BCUT2D eigenvalue weighted by Crippen LogP contribution is -2.29. The van der Waals surface area contributed by atoms with Crippen LogP contribution in [0.2, 0.25) is 0 Å². The van der Waals surface area contributed by atoms with Crippen LogP contribution in [0.15, 0.2) is 18.2 Å². The molecule has 2 rings (SSSR count). The Kier molecular flexibility index (Phi) is 4.04. The van der Waals surface area contributed by atoms with E-state index >= 15 is 0 Å². The standard InChI is InChI=1S/C14H18N2O3/c1-2-15-13(17)6-8-16-7-5-10-3-4-11(14(18)19)9-12(10)16/h3-4,9H,2,5-8H2,1H3,(H,15,17)(H,18,19). The third-order valence-corrected chi connectivity index (χ3v) is 3.31. The summed E-state index contributed by atoms with van der Waals surface area (Å²) in [5.41, 5.74) is 2.40. The third-order valence-electron chi connectivity index (χ3n) is 3.31. The third kappa shape index (κ3) is 3.05. The molecule has 0 saturated heterocycles. The Hall–Kier alpha value is -2.04. The van der Waals surface area contributed by atoms with Crippen LogP contribution in [-0.2, 0) is 11.2 Å². The van der Waals surface area contributed by atoms with Gasteiger partial charge < -0.3 is 15.3 Å². The zero-order valence-electron chi connectivity index (χ0n) is 11.0. The summed E-state index contributed by atoms with van der Waals surface area (Å²) < 4.78 is 0. The van der Waals surface area contributed by atoms with E-state index in [1.165, 1.54) is 0 Å². The van der Waals surface area contributed by atoms with Crippen molar-refractivity contribution in [1.29, 1.82) is 0 Å². The van der Waals surface area contributed by atoms with Crippen molar-refractivity contribution in [3.8, 4) is 0 Å². The van der Waals surface area contributed by atoms with Gasteiger partial charge in [0, 0.05) is 31.7 Å². The molecule has 0 aliphatic carbocycles. The maximum absolute atomic E-state index is 11.5. The Morgan fingerprint density at radius 3 is 2.89 bits per heavy atom. The molecule has 5 heteroatoms.